The van der Waals surface area contributed by atoms with E-state index in [4.69, 9.17) is 5.26 Å². The van der Waals surface area contributed by atoms with Gasteiger partial charge in [0.15, 0.2) is 0 Å². The monoisotopic (exact) mass is 192 g/mol. The van der Waals surface area contributed by atoms with Crippen LogP contribution in [0.2, 0.25) is 0 Å². The zero-order valence-corrected chi connectivity index (χ0v) is 8.62. The molecule has 0 saturated heterocycles. The van der Waals surface area contributed by atoms with Crippen molar-refractivity contribution in [3.63, 3.8) is 0 Å². The van der Waals surface area contributed by atoms with Crippen LogP contribution in [0.3, 0.4) is 0 Å². The van der Waals surface area contributed by atoms with Crippen molar-refractivity contribution in [2.75, 3.05) is 13.1 Å². The molecule has 2 aliphatic rings. The van der Waals surface area contributed by atoms with Crippen molar-refractivity contribution in [2.24, 2.45) is 11.3 Å². The van der Waals surface area contributed by atoms with Gasteiger partial charge in [-0.25, -0.2) is 0 Å². The molecule has 0 unspecified atom stereocenters. The molecular formula is C11H16N2O. The summed E-state index contributed by atoms with van der Waals surface area (Å²) < 4.78 is 0. The second-order valence-corrected chi connectivity index (χ2v) is 4.48. The Balaban J connectivity index is 1.97. The van der Waals surface area contributed by atoms with Crippen LogP contribution in [-0.2, 0) is 4.79 Å². The predicted octanol–water partition coefficient (Wildman–Crippen LogP) is 1.55. The SMILES string of the molecule is CCN(CC1CC1)C(=O)C1(C#N)CC1. The maximum absolute atomic E-state index is 12.0. The number of amides is 1. The second kappa shape index (κ2) is 3.27. The fourth-order valence-electron chi connectivity index (χ4n) is 1.77. The molecule has 0 N–H and O–H groups in total. The maximum Gasteiger partial charge on any atom is 0.243 e. The molecule has 0 radical (unpaired) electrons. The van der Waals surface area contributed by atoms with Crippen LogP contribution < -0.4 is 0 Å². The molecule has 2 saturated carbocycles. The molecule has 3 nitrogen and oxygen atoms in total. The van der Waals surface area contributed by atoms with Crippen LogP contribution in [0.15, 0.2) is 0 Å². The van der Waals surface area contributed by atoms with Crippen molar-refractivity contribution in [1.82, 2.24) is 4.90 Å². The molecule has 0 spiro atoms. The molecule has 0 aliphatic heterocycles. The van der Waals surface area contributed by atoms with Gasteiger partial charge in [0.25, 0.3) is 0 Å². The fourth-order valence-corrected chi connectivity index (χ4v) is 1.77. The van der Waals surface area contributed by atoms with Gasteiger partial charge in [0, 0.05) is 13.1 Å². The quantitative estimate of drug-likeness (QED) is 0.678. The van der Waals surface area contributed by atoms with Crippen LogP contribution in [-0.4, -0.2) is 23.9 Å². The standard InChI is InChI=1S/C11H16N2O/c1-2-13(7-9-3-4-9)10(14)11(8-12)5-6-11/h9H,2-7H2,1H3. The van der Waals surface area contributed by atoms with E-state index in [2.05, 4.69) is 6.07 Å². The van der Waals surface area contributed by atoms with Gasteiger partial charge in [0.2, 0.25) is 5.91 Å². The first-order valence-electron chi connectivity index (χ1n) is 5.42. The van der Waals surface area contributed by atoms with Crippen LogP contribution in [0.5, 0.6) is 0 Å². The highest BCUT2D eigenvalue weighted by atomic mass is 16.2. The Morgan fingerprint density at radius 3 is 2.57 bits per heavy atom. The van der Waals surface area contributed by atoms with E-state index in [0.29, 0.717) is 5.92 Å². The lowest BCUT2D eigenvalue weighted by Crippen LogP contribution is -2.38. The van der Waals surface area contributed by atoms with Crippen molar-refractivity contribution in [1.29, 1.82) is 5.26 Å². The van der Waals surface area contributed by atoms with Gasteiger partial charge in [-0.3, -0.25) is 4.79 Å². The van der Waals surface area contributed by atoms with E-state index in [1.165, 1.54) is 12.8 Å². The Morgan fingerprint density at radius 1 is 1.57 bits per heavy atom. The number of nitrogens with zero attached hydrogens (tertiary/aromatic N) is 2. The first kappa shape index (κ1) is 9.51. The van der Waals surface area contributed by atoms with E-state index in [1.54, 1.807) is 0 Å². The molecule has 1 amide bonds. The minimum atomic E-state index is -0.620. The number of hydrogen-bond donors (Lipinski definition) is 0. The third-order valence-corrected chi connectivity index (χ3v) is 3.22. The van der Waals surface area contributed by atoms with Crippen LogP contribution >= 0.6 is 0 Å². The number of nitriles is 1. The Hall–Kier alpha value is -1.04. The summed E-state index contributed by atoms with van der Waals surface area (Å²) in [5.41, 5.74) is -0.620. The van der Waals surface area contributed by atoms with Crippen LogP contribution in [0.1, 0.15) is 32.6 Å². The highest BCUT2D eigenvalue weighted by Crippen LogP contribution is 2.47. The van der Waals surface area contributed by atoms with E-state index in [-0.39, 0.29) is 5.91 Å². The van der Waals surface area contributed by atoms with Gasteiger partial charge >= 0.3 is 0 Å². The predicted molar refractivity (Wildman–Crippen MR) is 52.3 cm³/mol. The summed E-state index contributed by atoms with van der Waals surface area (Å²) in [6.45, 7) is 3.62. The van der Waals surface area contributed by atoms with Crippen molar-refractivity contribution >= 4 is 5.91 Å². The summed E-state index contributed by atoms with van der Waals surface area (Å²) in [5, 5.41) is 8.92. The average Bonchev–Trinajstić information content (AvgIpc) is 3.07. The summed E-state index contributed by atoms with van der Waals surface area (Å²) in [6, 6.07) is 2.17. The van der Waals surface area contributed by atoms with Gasteiger partial charge in [-0.15, -0.1) is 0 Å². The van der Waals surface area contributed by atoms with Gasteiger partial charge in [0.1, 0.15) is 5.41 Å². The minimum absolute atomic E-state index is 0.0781. The Kier molecular flexibility index (Phi) is 2.22. The molecule has 2 rings (SSSR count). The second-order valence-electron chi connectivity index (χ2n) is 4.48. The van der Waals surface area contributed by atoms with E-state index in [0.717, 1.165) is 25.9 Å². The molecule has 2 aliphatic carbocycles. The van der Waals surface area contributed by atoms with Gasteiger partial charge < -0.3 is 4.90 Å². The normalized spacial score (nSPS) is 22.6. The van der Waals surface area contributed by atoms with Crippen LogP contribution in [0.25, 0.3) is 0 Å². The van der Waals surface area contributed by atoms with E-state index in [1.807, 2.05) is 11.8 Å². The number of carbonyl (C=O) groups is 1. The van der Waals surface area contributed by atoms with E-state index < -0.39 is 5.41 Å². The number of rotatable bonds is 4. The number of carbonyl (C=O) groups excluding carboxylic acids is 1. The molecule has 0 atom stereocenters. The molecule has 76 valence electrons. The van der Waals surface area contributed by atoms with Crippen molar-refractivity contribution in [3.8, 4) is 6.07 Å². The minimum Gasteiger partial charge on any atom is -0.341 e. The molecule has 0 aromatic carbocycles. The molecule has 14 heavy (non-hydrogen) atoms. The first-order chi connectivity index (χ1) is 6.72. The summed E-state index contributed by atoms with van der Waals surface area (Å²) in [6.07, 6.45) is 4.04. The number of hydrogen-bond acceptors (Lipinski definition) is 2. The summed E-state index contributed by atoms with van der Waals surface area (Å²) in [7, 11) is 0. The van der Waals surface area contributed by atoms with Crippen molar-refractivity contribution in [3.05, 3.63) is 0 Å². The highest BCUT2D eigenvalue weighted by molar-refractivity contribution is 5.88. The van der Waals surface area contributed by atoms with E-state index >= 15 is 0 Å². The lowest BCUT2D eigenvalue weighted by atomic mass is 10.1. The average molecular weight is 192 g/mol. The molecule has 0 aromatic rings. The lowest BCUT2D eigenvalue weighted by molar-refractivity contribution is -0.135. The van der Waals surface area contributed by atoms with Gasteiger partial charge in [-0.1, -0.05) is 0 Å². The largest absolute Gasteiger partial charge is 0.341 e. The molecule has 3 heteroatoms. The molecule has 2 fully saturated rings. The Labute approximate surface area is 84.7 Å². The summed E-state index contributed by atoms with van der Waals surface area (Å²) >= 11 is 0. The molecule has 0 bridgehead atoms. The summed E-state index contributed by atoms with van der Waals surface area (Å²) in [4.78, 5) is 13.8. The third kappa shape index (κ3) is 1.61. The highest BCUT2D eigenvalue weighted by Gasteiger charge is 2.52. The van der Waals surface area contributed by atoms with Crippen molar-refractivity contribution < 1.29 is 4.79 Å². The van der Waals surface area contributed by atoms with Gasteiger partial charge in [-0.2, -0.15) is 5.26 Å². The molecule has 0 heterocycles. The van der Waals surface area contributed by atoms with Crippen molar-refractivity contribution in [2.45, 2.75) is 32.6 Å². The molecule has 0 aromatic heterocycles. The maximum atomic E-state index is 12.0. The van der Waals surface area contributed by atoms with Gasteiger partial charge in [0.05, 0.1) is 6.07 Å². The third-order valence-electron chi connectivity index (χ3n) is 3.22. The molecular weight excluding hydrogens is 176 g/mol. The smallest absolute Gasteiger partial charge is 0.243 e. The Bertz CT molecular complexity index is 284. The Morgan fingerprint density at radius 2 is 2.21 bits per heavy atom. The zero-order chi connectivity index (χ0) is 10.2. The topological polar surface area (TPSA) is 44.1 Å². The zero-order valence-electron chi connectivity index (χ0n) is 8.62. The van der Waals surface area contributed by atoms with Gasteiger partial charge in [-0.05, 0) is 38.5 Å². The van der Waals surface area contributed by atoms with E-state index in [9.17, 15) is 4.79 Å². The summed E-state index contributed by atoms with van der Waals surface area (Å²) in [5.74, 6) is 0.794. The fraction of sp³-hybridized carbons (Fsp3) is 0.818. The first-order valence-corrected chi connectivity index (χ1v) is 5.42. The lowest BCUT2D eigenvalue weighted by Gasteiger charge is -2.22. The van der Waals surface area contributed by atoms with Crippen LogP contribution in [0.4, 0.5) is 0 Å². The van der Waals surface area contributed by atoms with Crippen LogP contribution in [0, 0.1) is 22.7 Å².